The van der Waals surface area contributed by atoms with Crippen LogP contribution >= 0.6 is 11.6 Å². The maximum absolute atomic E-state index is 13.7. The quantitative estimate of drug-likeness (QED) is 0.344. The van der Waals surface area contributed by atoms with Crippen molar-refractivity contribution in [3.63, 3.8) is 0 Å². The number of ether oxygens (including phenoxy) is 1. The molecule has 0 spiro atoms. The Hall–Kier alpha value is -3.64. The summed E-state index contributed by atoms with van der Waals surface area (Å²) in [6.45, 7) is 2.68. The van der Waals surface area contributed by atoms with Gasteiger partial charge in [0.2, 0.25) is 0 Å². The molecule has 0 aliphatic heterocycles. The molecule has 166 valence electrons. The van der Waals surface area contributed by atoms with Crippen molar-refractivity contribution in [3.8, 4) is 5.75 Å². The fraction of sp³-hybridized carbons (Fsp3) is 0.154. The smallest absolute Gasteiger partial charge is 0.278 e. The zero-order chi connectivity index (χ0) is 23.1. The van der Waals surface area contributed by atoms with E-state index >= 15 is 0 Å². The number of fused-ring (bicyclic) bond motifs is 3. The molecule has 2 aromatic heterocycles. The lowest BCUT2D eigenvalue weighted by atomic mass is 10.1. The number of aromatic nitrogens is 3. The minimum absolute atomic E-state index is 0.157. The van der Waals surface area contributed by atoms with Crippen molar-refractivity contribution in [1.82, 2.24) is 14.1 Å². The molecule has 33 heavy (non-hydrogen) atoms. The number of hydrogen-bond acceptors (Lipinski definition) is 3. The van der Waals surface area contributed by atoms with E-state index in [-0.39, 0.29) is 5.56 Å². The van der Waals surface area contributed by atoms with Crippen molar-refractivity contribution in [1.29, 1.82) is 0 Å². The molecule has 0 fully saturated rings. The molecule has 5 rings (SSSR count). The summed E-state index contributed by atoms with van der Waals surface area (Å²) in [4.78, 5) is 18.3. The number of methoxy groups -OCH3 is 1. The molecule has 0 radical (unpaired) electrons. The molecule has 0 atom stereocenters. The largest absolute Gasteiger partial charge is 0.497 e. The highest BCUT2D eigenvalue weighted by atomic mass is 35.5. The molecule has 0 unspecified atom stereocenters. The van der Waals surface area contributed by atoms with E-state index in [2.05, 4.69) is 4.98 Å². The minimum Gasteiger partial charge on any atom is -0.497 e. The van der Waals surface area contributed by atoms with Crippen molar-refractivity contribution in [2.45, 2.75) is 20.0 Å². The highest BCUT2D eigenvalue weighted by Crippen LogP contribution is 2.29. The van der Waals surface area contributed by atoms with E-state index < -0.39 is 5.82 Å². The van der Waals surface area contributed by atoms with Gasteiger partial charge in [-0.25, -0.2) is 9.37 Å². The van der Waals surface area contributed by atoms with Crippen LogP contribution in [-0.2, 0) is 13.1 Å². The number of halogens is 2. The van der Waals surface area contributed by atoms with Gasteiger partial charge in [0.15, 0.2) is 0 Å². The number of rotatable bonds is 5. The minimum atomic E-state index is -0.399. The Kier molecular flexibility index (Phi) is 5.38. The van der Waals surface area contributed by atoms with E-state index in [0.717, 1.165) is 33.3 Å². The molecule has 0 bridgehead atoms. The predicted molar refractivity (Wildman–Crippen MR) is 129 cm³/mol. The molecule has 7 heteroatoms. The second-order valence-electron chi connectivity index (χ2n) is 8.07. The second kappa shape index (κ2) is 8.37. The molecular formula is C26H21ClFN3O2. The van der Waals surface area contributed by atoms with Crippen molar-refractivity contribution < 1.29 is 9.13 Å². The van der Waals surface area contributed by atoms with Crippen LogP contribution in [0, 0.1) is 12.7 Å². The first kappa shape index (κ1) is 21.2. The summed E-state index contributed by atoms with van der Waals surface area (Å²) in [7, 11) is 1.61. The first-order valence-electron chi connectivity index (χ1n) is 10.5. The Morgan fingerprint density at radius 3 is 2.70 bits per heavy atom. The molecular weight excluding hydrogens is 441 g/mol. The van der Waals surface area contributed by atoms with Crippen LogP contribution in [0.1, 0.15) is 16.7 Å². The van der Waals surface area contributed by atoms with Gasteiger partial charge < -0.3 is 9.30 Å². The maximum Gasteiger partial charge on any atom is 0.278 e. The van der Waals surface area contributed by atoms with Gasteiger partial charge in [-0.3, -0.25) is 9.36 Å². The molecule has 5 nitrogen and oxygen atoms in total. The SMILES string of the molecule is COc1cccc(Cn2cnc3c4cc(C)ccc4n(Cc4ccc(F)cc4Cl)c3c2=O)c1. The van der Waals surface area contributed by atoms with E-state index in [4.69, 9.17) is 16.3 Å². The van der Waals surface area contributed by atoms with Crippen LogP contribution < -0.4 is 10.3 Å². The van der Waals surface area contributed by atoms with Gasteiger partial charge in [0, 0.05) is 17.0 Å². The molecule has 0 amide bonds. The molecule has 2 heterocycles. The third-order valence-electron chi connectivity index (χ3n) is 5.81. The normalized spacial score (nSPS) is 11.4. The van der Waals surface area contributed by atoms with Crippen LogP contribution in [0.15, 0.2) is 71.8 Å². The Bertz CT molecular complexity index is 1570. The van der Waals surface area contributed by atoms with E-state index in [1.165, 1.54) is 12.1 Å². The molecule has 0 N–H and O–H groups in total. The van der Waals surface area contributed by atoms with Crippen LogP contribution in [0.25, 0.3) is 21.9 Å². The number of benzene rings is 3. The Balaban J connectivity index is 1.71. The average Bonchev–Trinajstić information content (AvgIpc) is 3.11. The monoisotopic (exact) mass is 461 g/mol. The van der Waals surface area contributed by atoms with Crippen LogP contribution in [0.4, 0.5) is 4.39 Å². The summed E-state index contributed by atoms with van der Waals surface area (Å²) in [5.74, 6) is 0.328. The lowest BCUT2D eigenvalue weighted by Crippen LogP contribution is -2.23. The van der Waals surface area contributed by atoms with Crippen LogP contribution in [0.3, 0.4) is 0 Å². The third kappa shape index (κ3) is 3.87. The average molecular weight is 462 g/mol. The van der Waals surface area contributed by atoms with Gasteiger partial charge in [0.1, 0.15) is 22.6 Å². The zero-order valence-electron chi connectivity index (χ0n) is 18.2. The summed E-state index contributed by atoms with van der Waals surface area (Å²) in [5.41, 5.74) is 4.57. The van der Waals surface area contributed by atoms with Crippen molar-refractivity contribution >= 4 is 33.5 Å². The van der Waals surface area contributed by atoms with E-state index in [9.17, 15) is 9.18 Å². The summed E-state index contributed by atoms with van der Waals surface area (Å²) in [6.07, 6.45) is 1.58. The van der Waals surface area contributed by atoms with Crippen LogP contribution in [0.5, 0.6) is 5.75 Å². The molecule has 0 aliphatic rings. The van der Waals surface area contributed by atoms with Crippen molar-refractivity contribution in [2.75, 3.05) is 7.11 Å². The highest BCUT2D eigenvalue weighted by molar-refractivity contribution is 6.31. The van der Waals surface area contributed by atoms with Crippen molar-refractivity contribution in [2.24, 2.45) is 0 Å². The van der Waals surface area contributed by atoms with Gasteiger partial charge in [0.05, 0.1) is 25.5 Å². The lowest BCUT2D eigenvalue weighted by Gasteiger charge is -2.11. The van der Waals surface area contributed by atoms with Gasteiger partial charge in [-0.15, -0.1) is 0 Å². The predicted octanol–water partition coefficient (Wildman–Crippen LogP) is 5.56. The van der Waals surface area contributed by atoms with Gasteiger partial charge in [-0.05, 0) is 54.4 Å². The lowest BCUT2D eigenvalue weighted by molar-refractivity contribution is 0.414. The van der Waals surface area contributed by atoms with Crippen LogP contribution in [-0.4, -0.2) is 21.2 Å². The van der Waals surface area contributed by atoms with Gasteiger partial charge >= 0.3 is 0 Å². The molecule has 0 saturated heterocycles. The first-order chi connectivity index (χ1) is 15.9. The third-order valence-corrected chi connectivity index (χ3v) is 6.16. The molecule has 5 aromatic rings. The summed E-state index contributed by atoms with van der Waals surface area (Å²) >= 11 is 6.32. The summed E-state index contributed by atoms with van der Waals surface area (Å²) in [6, 6.07) is 17.9. The van der Waals surface area contributed by atoms with E-state index in [1.54, 1.807) is 24.1 Å². The number of aryl methyl sites for hydroxylation is 1. The number of hydrogen-bond donors (Lipinski definition) is 0. The van der Waals surface area contributed by atoms with E-state index in [1.807, 2.05) is 54.0 Å². The summed E-state index contributed by atoms with van der Waals surface area (Å²) in [5, 5.41) is 1.21. The standard InChI is InChI=1S/C26H21ClFN3O2/c1-16-6-9-23-21(10-16)24-25(31(23)14-18-7-8-19(28)12-22(18)27)26(32)30(15-29-24)13-17-4-3-5-20(11-17)33-2/h3-12,15H,13-14H2,1-2H3. The first-order valence-corrected chi connectivity index (χ1v) is 10.9. The van der Waals surface area contributed by atoms with Crippen LogP contribution in [0.2, 0.25) is 5.02 Å². The Morgan fingerprint density at radius 2 is 1.91 bits per heavy atom. The zero-order valence-corrected chi connectivity index (χ0v) is 18.9. The fourth-order valence-corrected chi connectivity index (χ4v) is 4.41. The highest BCUT2D eigenvalue weighted by Gasteiger charge is 2.18. The summed E-state index contributed by atoms with van der Waals surface area (Å²) < 4.78 is 22.4. The maximum atomic E-state index is 13.7. The Morgan fingerprint density at radius 1 is 1.06 bits per heavy atom. The van der Waals surface area contributed by atoms with Gasteiger partial charge in [-0.1, -0.05) is 41.4 Å². The number of nitrogens with zero attached hydrogens (tertiary/aromatic N) is 3. The molecule has 0 aliphatic carbocycles. The van der Waals surface area contributed by atoms with Gasteiger partial charge in [0.25, 0.3) is 5.56 Å². The fourth-order valence-electron chi connectivity index (χ4n) is 4.18. The van der Waals surface area contributed by atoms with Gasteiger partial charge in [-0.2, -0.15) is 0 Å². The van der Waals surface area contributed by atoms with E-state index in [0.29, 0.717) is 29.1 Å². The second-order valence-corrected chi connectivity index (χ2v) is 8.48. The van der Waals surface area contributed by atoms with Crippen molar-refractivity contribution in [3.05, 3.63) is 105 Å². The topological polar surface area (TPSA) is 49.0 Å². The molecule has 0 saturated carbocycles. The Labute approximate surface area is 194 Å². The molecule has 3 aromatic carbocycles.